The van der Waals surface area contributed by atoms with Crippen LogP contribution in [0, 0.1) is 5.41 Å². The first-order valence-electron chi connectivity index (χ1n) is 6.55. The molecule has 0 saturated heterocycles. The molecule has 0 aromatic heterocycles. The van der Waals surface area contributed by atoms with E-state index < -0.39 is 49.6 Å². The van der Waals surface area contributed by atoms with Gasteiger partial charge >= 0.3 is 17.9 Å². The molecule has 0 saturated carbocycles. The Balaban J connectivity index is 0. The average Bonchev–Trinajstić information content (AvgIpc) is 2.55. The van der Waals surface area contributed by atoms with Gasteiger partial charge in [0.2, 0.25) is 0 Å². The van der Waals surface area contributed by atoms with E-state index in [0.717, 1.165) is 0 Å². The Morgan fingerprint density at radius 1 is 1.04 bits per heavy atom. The lowest BCUT2D eigenvalue weighted by Gasteiger charge is -2.26. The summed E-state index contributed by atoms with van der Waals surface area (Å²) in [5.74, 6) is 1.79. The number of ether oxygens (including phenoxy) is 1. The molecule has 138 valence electrons. The van der Waals surface area contributed by atoms with Crippen molar-refractivity contribution < 1.29 is 44.4 Å². The maximum atomic E-state index is 11.0. The van der Waals surface area contributed by atoms with Crippen LogP contribution < -0.4 is 5.90 Å². The topological polar surface area (TPSA) is 177 Å². The van der Waals surface area contributed by atoms with E-state index in [9.17, 15) is 14.4 Å². The molecule has 6 N–H and O–H groups in total. The summed E-state index contributed by atoms with van der Waals surface area (Å²) in [6.45, 7) is 6.39. The molecule has 24 heavy (non-hydrogen) atoms. The number of esters is 1. The lowest BCUT2D eigenvalue weighted by atomic mass is 9.93. The molecule has 0 amide bonds. The number of carbonyl (C=O) groups is 3. The number of aliphatic hydroxyl groups is 3. The van der Waals surface area contributed by atoms with Gasteiger partial charge in [-0.25, -0.2) is 9.59 Å². The van der Waals surface area contributed by atoms with Gasteiger partial charge in [-0.15, -0.1) is 0 Å². The smallest absolute Gasteiger partial charge is 0.352 e. The Bertz CT molecular complexity index is 461. The SMILES string of the molecule is C=C(C)C(=O)OCC(CO)(CO)CO.C=C(CC(=O)O)C(=O)ON. The highest BCUT2D eigenvalue weighted by atomic mass is 16.7. The molecule has 0 unspecified atom stereocenters. The molecule has 0 aliphatic heterocycles. The number of nitrogens with two attached hydrogens (primary N) is 1. The largest absolute Gasteiger partial charge is 0.481 e. The highest BCUT2D eigenvalue weighted by Gasteiger charge is 2.30. The summed E-state index contributed by atoms with van der Waals surface area (Å²) >= 11 is 0. The fraction of sp³-hybridized carbons (Fsp3) is 0.500. The van der Waals surface area contributed by atoms with E-state index in [0.29, 0.717) is 0 Å². The van der Waals surface area contributed by atoms with Gasteiger partial charge in [0, 0.05) is 11.1 Å². The van der Waals surface area contributed by atoms with Crippen molar-refractivity contribution in [3.05, 3.63) is 24.3 Å². The average molecular weight is 349 g/mol. The molecule has 0 aliphatic carbocycles. The maximum Gasteiger partial charge on any atom is 0.352 e. The molecule has 0 rings (SSSR count). The fourth-order valence-electron chi connectivity index (χ4n) is 0.967. The summed E-state index contributed by atoms with van der Waals surface area (Å²) in [4.78, 5) is 34.9. The zero-order valence-electron chi connectivity index (χ0n) is 13.4. The van der Waals surface area contributed by atoms with Crippen LogP contribution in [0.3, 0.4) is 0 Å². The zero-order valence-corrected chi connectivity index (χ0v) is 13.4. The first kappa shape index (κ1) is 24.0. The number of carbonyl (C=O) groups excluding carboxylic acids is 2. The van der Waals surface area contributed by atoms with Crippen LogP contribution in [0.25, 0.3) is 0 Å². The van der Waals surface area contributed by atoms with Crippen molar-refractivity contribution in [2.24, 2.45) is 11.3 Å². The van der Waals surface area contributed by atoms with Crippen LogP contribution in [0.2, 0.25) is 0 Å². The minimum Gasteiger partial charge on any atom is -0.481 e. The van der Waals surface area contributed by atoms with Crippen LogP contribution in [0.15, 0.2) is 24.3 Å². The van der Waals surface area contributed by atoms with Crippen LogP contribution in [0.5, 0.6) is 0 Å². The highest BCUT2D eigenvalue weighted by Crippen LogP contribution is 2.15. The summed E-state index contributed by atoms with van der Waals surface area (Å²) in [5, 5.41) is 34.8. The van der Waals surface area contributed by atoms with E-state index >= 15 is 0 Å². The highest BCUT2D eigenvalue weighted by molar-refractivity contribution is 5.92. The van der Waals surface area contributed by atoms with E-state index in [1.54, 1.807) is 0 Å². The Kier molecular flexibility index (Phi) is 12.2. The van der Waals surface area contributed by atoms with Gasteiger partial charge in [-0.1, -0.05) is 13.2 Å². The van der Waals surface area contributed by atoms with Crippen molar-refractivity contribution in [2.75, 3.05) is 26.4 Å². The zero-order chi connectivity index (χ0) is 19.3. The second kappa shape index (κ2) is 12.2. The number of hydrogen-bond acceptors (Lipinski definition) is 9. The lowest BCUT2D eigenvalue weighted by molar-refractivity contribution is -0.146. The molecule has 0 heterocycles. The first-order chi connectivity index (χ1) is 11.1. The van der Waals surface area contributed by atoms with Crippen molar-refractivity contribution >= 4 is 17.9 Å². The van der Waals surface area contributed by atoms with Gasteiger partial charge in [0.25, 0.3) is 0 Å². The van der Waals surface area contributed by atoms with E-state index in [4.69, 9.17) is 25.2 Å². The summed E-state index contributed by atoms with van der Waals surface area (Å²) in [6.07, 6.45) is -0.448. The Morgan fingerprint density at radius 3 is 1.79 bits per heavy atom. The van der Waals surface area contributed by atoms with Crippen molar-refractivity contribution in [1.82, 2.24) is 0 Å². The molecule has 0 spiro atoms. The second-order valence-corrected chi connectivity index (χ2v) is 4.91. The van der Waals surface area contributed by atoms with Crippen LogP contribution in [-0.2, 0) is 24.0 Å². The molecule has 0 atom stereocenters. The lowest BCUT2D eigenvalue weighted by Crippen LogP contribution is -2.39. The quantitative estimate of drug-likeness (QED) is 0.187. The van der Waals surface area contributed by atoms with Crippen LogP contribution >= 0.6 is 0 Å². The molecule has 0 radical (unpaired) electrons. The van der Waals surface area contributed by atoms with Gasteiger partial charge in [-0.3, -0.25) is 4.79 Å². The van der Waals surface area contributed by atoms with E-state index in [1.165, 1.54) is 6.92 Å². The predicted molar refractivity (Wildman–Crippen MR) is 81.1 cm³/mol. The van der Waals surface area contributed by atoms with Crippen molar-refractivity contribution in [1.29, 1.82) is 0 Å². The van der Waals surface area contributed by atoms with E-state index in [2.05, 4.69) is 23.9 Å². The molecule has 0 bridgehead atoms. The van der Waals surface area contributed by atoms with E-state index in [1.807, 2.05) is 0 Å². The van der Waals surface area contributed by atoms with Crippen molar-refractivity contribution in [3.8, 4) is 0 Å². The van der Waals surface area contributed by atoms with Gasteiger partial charge in [-0.2, -0.15) is 5.90 Å². The minimum absolute atomic E-state index is 0.171. The third-order valence-corrected chi connectivity index (χ3v) is 2.62. The third kappa shape index (κ3) is 9.69. The van der Waals surface area contributed by atoms with Crippen LogP contribution in [0.1, 0.15) is 13.3 Å². The summed E-state index contributed by atoms with van der Waals surface area (Å²) in [6, 6.07) is 0. The maximum absolute atomic E-state index is 11.0. The monoisotopic (exact) mass is 349 g/mol. The number of carboxylic acid groups (broad SMARTS) is 1. The molecule has 0 aromatic rings. The molecule has 0 fully saturated rings. The van der Waals surface area contributed by atoms with Crippen molar-refractivity contribution in [3.63, 3.8) is 0 Å². The van der Waals surface area contributed by atoms with Gasteiger partial charge in [0.05, 0.1) is 31.7 Å². The fourth-order valence-corrected chi connectivity index (χ4v) is 0.967. The summed E-state index contributed by atoms with van der Waals surface area (Å²) in [5.41, 5.74) is -1.12. The molecule has 10 nitrogen and oxygen atoms in total. The molecule has 10 heteroatoms. The minimum atomic E-state index is -1.18. The first-order valence-corrected chi connectivity index (χ1v) is 6.55. The van der Waals surface area contributed by atoms with Gasteiger partial charge in [0.1, 0.15) is 6.61 Å². The number of carboxylic acids is 1. The van der Waals surface area contributed by atoms with Crippen LogP contribution in [0.4, 0.5) is 0 Å². The number of hydrogen-bond donors (Lipinski definition) is 5. The molecule has 0 aliphatic rings. The summed E-state index contributed by atoms with van der Waals surface area (Å²) in [7, 11) is 0. The standard InChI is InChI=1S/C9H16O5.C5H7NO4/c1-7(2)8(13)14-6-9(3-10,4-11)5-12;1-3(2-4(7)8)5(9)10-6/h10-12H,1,3-6H2,2H3;1-2,6H2,(H,7,8). The summed E-state index contributed by atoms with van der Waals surface area (Å²) < 4.78 is 4.72. The third-order valence-electron chi connectivity index (χ3n) is 2.62. The van der Waals surface area contributed by atoms with E-state index in [-0.39, 0.29) is 17.8 Å². The van der Waals surface area contributed by atoms with Crippen LogP contribution in [-0.4, -0.2) is 64.8 Å². The molecular formula is C14H23NO9. The normalized spacial score (nSPS) is 10.0. The number of aliphatic carboxylic acids is 1. The Morgan fingerprint density at radius 2 is 1.50 bits per heavy atom. The predicted octanol–water partition coefficient (Wildman–Crippen LogP) is -1.50. The van der Waals surface area contributed by atoms with Crippen molar-refractivity contribution in [2.45, 2.75) is 13.3 Å². The molecular weight excluding hydrogens is 326 g/mol. The molecule has 0 aromatic carbocycles. The van der Waals surface area contributed by atoms with Gasteiger partial charge in [-0.05, 0) is 6.92 Å². The Hall–Kier alpha value is -2.27. The number of aliphatic hydroxyl groups excluding tert-OH is 3. The van der Waals surface area contributed by atoms with Gasteiger partial charge < -0.3 is 30.0 Å². The number of rotatable bonds is 9. The Labute approximate surface area is 138 Å². The second-order valence-electron chi connectivity index (χ2n) is 4.91. The van der Waals surface area contributed by atoms with Gasteiger partial charge in [0.15, 0.2) is 0 Å².